The highest BCUT2D eigenvalue weighted by molar-refractivity contribution is 7.89. The summed E-state index contributed by atoms with van der Waals surface area (Å²) in [7, 11) is -3.33. The summed E-state index contributed by atoms with van der Waals surface area (Å²) in [5.74, 6) is 2.57. The average molecular weight is 314 g/mol. The van der Waals surface area contributed by atoms with Gasteiger partial charge >= 0.3 is 6.09 Å². The summed E-state index contributed by atoms with van der Waals surface area (Å²) < 4.78 is 31.1. The molecule has 3 atom stereocenters. The predicted octanol–water partition coefficient (Wildman–Crippen LogP) is 1.03. The monoisotopic (exact) mass is 314 g/mol. The predicted molar refractivity (Wildman–Crippen MR) is 79.1 cm³/mol. The molecule has 2 aliphatic rings. The molecular formula is C14H22N2O4S. The zero-order valence-electron chi connectivity index (χ0n) is 12.7. The van der Waals surface area contributed by atoms with E-state index in [4.69, 9.17) is 11.2 Å². The van der Waals surface area contributed by atoms with Gasteiger partial charge in [-0.2, -0.15) is 4.31 Å². The van der Waals surface area contributed by atoms with Crippen molar-refractivity contribution in [3.05, 3.63) is 0 Å². The topological polar surface area (TPSA) is 66.9 Å². The molecule has 2 fully saturated rings. The Morgan fingerprint density at radius 2 is 2.00 bits per heavy atom. The van der Waals surface area contributed by atoms with E-state index in [9.17, 15) is 13.2 Å². The molecule has 2 rings (SSSR count). The Hall–Kier alpha value is -1.26. The van der Waals surface area contributed by atoms with E-state index in [-0.39, 0.29) is 24.9 Å². The maximum absolute atomic E-state index is 12.3. The number of hydrogen-bond acceptors (Lipinski definition) is 4. The highest BCUT2D eigenvalue weighted by Gasteiger charge is 2.43. The number of carbonyl (C=O) groups is 1. The van der Waals surface area contributed by atoms with Crippen LogP contribution in [0.5, 0.6) is 0 Å². The van der Waals surface area contributed by atoms with E-state index in [0.29, 0.717) is 12.8 Å². The standard InChI is InChI=1S/C14H22N2O4S/c1-5-11-9-15(13(17)20-14(2,3)4)12-7-6-8-21(18,19)16(11)10-12/h1,11-12H,6-10H2,2-4H3. The van der Waals surface area contributed by atoms with Crippen molar-refractivity contribution in [2.45, 2.75) is 51.3 Å². The van der Waals surface area contributed by atoms with E-state index in [2.05, 4.69) is 5.92 Å². The summed E-state index contributed by atoms with van der Waals surface area (Å²) in [6.45, 7) is 5.86. The molecule has 6 nitrogen and oxygen atoms in total. The highest BCUT2D eigenvalue weighted by Crippen LogP contribution is 2.27. The van der Waals surface area contributed by atoms with Crippen LogP contribution in [0, 0.1) is 12.3 Å². The Bertz CT molecular complexity index is 559. The molecule has 2 saturated heterocycles. The molecule has 2 heterocycles. The van der Waals surface area contributed by atoms with Crippen LogP contribution < -0.4 is 0 Å². The van der Waals surface area contributed by atoms with Crippen LogP contribution in [-0.2, 0) is 14.8 Å². The summed E-state index contributed by atoms with van der Waals surface area (Å²) >= 11 is 0. The molecule has 0 aromatic heterocycles. The van der Waals surface area contributed by atoms with Crippen LogP contribution in [0.3, 0.4) is 0 Å². The number of piperazine rings is 1. The number of nitrogens with zero attached hydrogens (tertiary/aromatic N) is 2. The van der Waals surface area contributed by atoms with E-state index in [0.717, 1.165) is 0 Å². The molecule has 0 aliphatic carbocycles. The van der Waals surface area contributed by atoms with E-state index in [1.54, 1.807) is 25.7 Å². The molecule has 2 aliphatic heterocycles. The first-order valence-electron chi connectivity index (χ1n) is 7.09. The van der Waals surface area contributed by atoms with Gasteiger partial charge in [-0.1, -0.05) is 5.92 Å². The SMILES string of the molecule is C#CC1CN(C(=O)OC(C)(C)C)C2CCCS(=O)(=O)N1C2. The molecule has 0 N–H and O–H groups in total. The van der Waals surface area contributed by atoms with E-state index in [1.165, 1.54) is 4.31 Å². The minimum absolute atomic E-state index is 0.0871. The number of hydrogen-bond donors (Lipinski definition) is 0. The quantitative estimate of drug-likeness (QED) is 0.626. The molecule has 1 amide bonds. The zero-order valence-corrected chi connectivity index (χ0v) is 13.5. The Morgan fingerprint density at radius 1 is 1.33 bits per heavy atom. The van der Waals surface area contributed by atoms with Crippen molar-refractivity contribution in [3.63, 3.8) is 0 Å². The Labute approximate surface area is 126 Å². The second-order valence-electron chi connectivity index (χ2n) is 6.50. The third-order valence-electron chi connectivity index (χ3n) is 3.67. The summed E-state index contributed by atoms with van der Waals surface area (Å²) in [6.07, 6.45) is 6.21. The molecule has 3 unspecified atom stereocenters. The number of amides is 1. The number of rotatable bonds is 0. The Morgan fingerprint density at radius 3 is 2.57 bits per heavy atom. The molecule has 2 bridgehead atoms. The van der Waals surface area contributed by atoms with Crippen molar-refractivity contribution in [2.75, 3.05) is 18.8 Å². The minimum Gasteiger partial charge on any atom is -0.444 e. The van der Waals surface area contributed by atoms with Gasteiger partial charge in [-0.25, -0.2) is 13.2 Å². The van der Waals surface area contributed by atoms with Gasteiger partial charge in [-0.05, 0) is 33.6 Å². The van der Waals surface area contributed by atoms with Gasteiger partial charge in [-0.3, -0.25) is 0 Å². The van der Waals surface area contributed by atoms with E-state index in [1.807, 2.05) is 0 Å². The van der Waals surface area contributed by atoms with Crippen molar-refractivity contribution in [1.82, 2.24) is 9.21 Å². The van der Waals surface area contributed by atoms with Crippen LogP contribution in [0.1, 0.15) is 33.6 Å². The van der Waals surface area contributed by atoms with Gasteiger partial charge < -0.3 is 9.64 Å². The Kier molecular flexibility index (Phi) is 4.22. The number of ether oxygens (including phenoxy) is 1. The van der Waals surface area contributed by atoms with Gasteiger partial charge in [-0.15, -0.1) is 6.42 Å². The van der Waals surface area contributed by atoms with Gasteiger partial charge in [0.15, 0.2) is 0 Å². The lowest BCUT2D eigenvalue weighted by Gasteiger charge is -2.42. The summed E-state index contributed by atoms with van der Waals surface area (Å²) in [5, 5.41) is 0. The molecule has 0 aromatic rings. The van der Waals surface area contributed by atoms with Gasteiger partial charge in [0, 0.05) is 12.6 Å². The lowest BCUT2D eigenvalue weighted by molar-refractivity contribution is 0.00174. The first kappa shape index (κ1) is 16.1. The van der Waals surface area contributed by atoms with Crippen LogP contribution >= 0.6 is 0 Å². The third kappa shape index (κ3) is 3.50. The maximum atomic E-state index is 12.3. The second kappa shape index (κ2) is 5.50. The lowest BCUT2D eigenvalue weighted by atomic mass is 10.1. The van der Waals surface area contributed by atoms with Crippen LogP contribution in [0.15, 0.2) is 0 Å². The number of terminal acetylenes is 1. The molecule has 118 valence electrons. The molecule has 0 aromatic carbocycles. The molecule has 0 radical (unpaired) electrons. The maximum Gasteiger partial charge on any atom is 0.410 e. The zero-order chi connectivity index (χ0) is 15.8. The van der Waals surface area contributed by atoms with Crippen molar-refractivity contribution in [2.24, 2.45) is 0 Å². The van der Waals surface area contributed by atoms with Crippen LogP contribution in [-0.4, -0.2) is 60.2 Å². The van der Waals surface area contributed by atoms with Gasteiger partial charge in [0.25, 0.3) is 0 Å². The number of carbonyl (C=O) groups excluding carboxylic acids is 1. The van der Waals surface area contributed by atoms with Crippen LogP contribution in [0.4, 0.5) is 4.79 Å². The molecule has 21 heavy (non-hydrogen) atoms. The van der Waals surface area contributed by atoms with Crippen molar-refractivity contribution >= 4 is 16.1 Å². The van der Waals surface area contributed by atoms with Gasteiger partial charge in [0.2, 0.25) is 10.0 Å². The number of sulfonamides is 1. The van der Waals surface area contributed by atoms with Crippen molar-refractivity contribution < 1.29 is 17.9 Å². The summed E-state index contributed by atoms with van der Waals surface area (Å²) in [4.78, 5) is 13.9. The highest BCUT2D eigenvalue weighted by atomic mass is 32.2. The fraction of sp³-hybridized carbons (Fsp3) is 0.786. The first-order chi connectivity index (χ1) is 9.64. The normalized spacial score (nSPS) is 31.9. The average Bonchev–Trinajstić information content (AvgIpc) is 2.46. The molecule has 7 heteroatoms. The second-order valence-corrected chi connectivity index (χ2v) is 8.54. The Balaban J connectivity index is 2.24. The molecule has 0 saturated carbocycles. The minimum atomic E-state index is -3.33. The van der Waals surface area contributed by atoms with Crippen molar-refractivity contribution in [1.29, 1.82) is 0 Å². The van der Waals surface area contributed by atoms with E-state index >= 15 is 0 Å². The number of fused-ring (bicyclic) bond motifs is 2. The molecule has 0 spiro atoms. The smallest absolute Gasteiger partial charge is 0.410 e. The lowest BCUT2D eigenvalue weighted by Crippen LogP contribution is -2.60. The summed E-state index contributed by atoms with van der Waals surface area (Å²) in [5.41, 5.74) is -0.587. The van der Waals surface area contributed by atoms with Crippen molar-refractivity contribution in [3.8, 4) is 12.3 Å². The summed E-state index contributed by atoms with van der Waals surface area (Å²) in [6, 6.07) is -0.779. The fourth-order valence-electron chi connectivity index (χ4n) is 2.71. The molecular weight excluding hydrogens is 292 g/mol. The van der Waals surface area contributed by atoms with E-state index < -0.39 is 27.8 Å². The van der Waals surface area contributed by atoms with Crippen LogP contribution in [0.25, 0.3) is 0 Å². The van der Waals surface area contributed by atoms with Crippen LogP contribution in [0.2, 0.25) is 0 Å². The fourth-order valence-corrected chi connectivity index (χ4v) is 4.39. The third-order valence-corrected chi connectivity index (χ3v) is 5.59. The largest absolute Gasteiger partial charge is 0.444 e. The first-order valence-corrected chi connectivity index (χ1v) is 8.70. The van der Waals surface area contributed by atoms with Gasteiger partial charge in [0.1, 0.15) is 11.6 Å². The van der Waals surface area contributed by atoms with Gasteiger partial charge in [0.05, 0.1) is 12.3 Å².